The van der Waals surface area contributed by atoms with E-state index >= 15 is 0 Å². The summed E-state index contributed by atoms with van der Waals surface area (Å²) in [5.41, 5.74) is 7.19. The van der Waals surface area contributed by atoms with E-state index in [0.717, 1.165) is 6.21 Å². The summed E-state index contributed by atoms with van der Waals surface area (Å²) in [6.07, 6.45) is 1.11. The van der Waals surface area contributed by atoms with E-state index in [2.05, 4.69) is 10.5 Å². The second-order valence-corrected chi connectivity index (χ2v) is 3.21. The molecule has 5 N–H and O–H groups in total. The van der Waals surface area contributed by atoms with Crippen LogP contribution in [0.5, 0.6) is 5.75 Å². The minimum absolute atomic E-state index is 0.117. The maximum atomic E-state index is 10.8. The smallest absolute Gasteiger partial charge is 0.319 e. The average Bonchev–Trinajstić information content (AvgIpc) is 2.22. The van der Waals surface area contributed by atoms with Gasteiger partial charge in [0.25, 0.3) is 0 Å². The molecule has 0 aliphatic carbocycles. The van der Waals surface area contributed by atoms with Gasteiger partial charge in [0.05, 0.1) is 16.7 Å². The predicted octanol–water partition coefficient (Wildman–Crippen LogP) is 0.426. The summed E-state index contributed by atoms with van der Waals surface area (Å²) >= 11 is 0. The Hall–Kier alpha value is -2.64. The van der Waals surface area contributed by atoms with Crippen LogP contribution >= 0.6 is 0 Å². The molecule has 8 nitrogen and oxygen atoms in total. The quantitative estimate of drug-likeness (QED) is 0.261. The molecule has 1 rings (SSSR count). The van der Waals surface area contributed by atoms with E-state index in [1.54, 1.807) is 6.92 Å². The molecule has 0 amide bonds. The molecule has 17 heavy (non-hydrogen) atoms. The number of nitro groups is 1. The van der Waals surface area contributed by atoms with E-state index in [-0.39, 0.29) is 11.5 Å². The lowest BCUT2D eigenvalue weighted by Gasteiger charge is -2.02. The van der Waals surface area contributed by atoms with E-state index < -0.39 is 16.4 Å². The molecule has 0 radical (unpaired) electrons. The zero-order valence-corrected chi connectivity index (χ0v) is 8.97. The van der Waals surface area contributed by atoms with Crippen LogP contribution < -0.4 is 11.2 Å². The highest BCUT2D eigenvalue weighted by Crippen LogP contribution is 2.31. The van der Waals surface area contributed by atoms with Crippen LogP contribution in [-0.4, -0.2) is 22.2 Å². The van der Waals surface area contributed by atoms with E-state index in [1.807, 2.05) is 0 Å². The zero-order chi connectivity index (χ0) is 13.0. The highest BCUT2D eigenvalue weighted by Gasteiger charge is 2.20. The van der Waals surface area contributed by atoms with E-state index in [0.29, 0.717) is 5.56 Å². The van der Waals surface area contributed by atoms with Gasteiger partial charge in [0.1, 0.15) is 0 Å². The van der Waals surface area contributed by atoms with Crippen molar-refractivity contribution in [1.82, 2.24) is 5.43 Å². The van der Waals surface area contributed by atoms with Crippen molar-refractivity contribution in [1.29, 1.82) is 5.41 Å². The molecule has 0 fully saturated rings. The lowest BCUT2D eigenvalue weighted by atomic mass is 10.1. The van der Waals surface area contributed by atoms with Crippen LogP contribution in [0.2, 0.25) is 0 Å². The van der Waals surface area contributed by atoms with Crippen molar-refractivity contribution in [2.24, 2.45) is 10.8 Å². The summed E-state index contributed by atoms with van der Waals surface area (Å²) in [5.74, 6) is -0.790. The molecule has 0 spiro atoms. The number of guanidine groups is 1. The molecule has 0 aromatic heterocycles. The molecule has 0 heterocycles. The number of phenolic OH excluding ortho intramolecular Hbond substituents is 1. The highest BCUT2D eigenvalue weighted by atomic mass is 16.6. The normalized spacial score (nSPS) is 10.4. The van der Waals surface area contributed by atoms with Crippen molar-refractivity contribution >= 4 is 17.9 Å². The van der Waals surface area contributed by atoms with Crippen LogP contribution in [0.25, 0.3) is 0 Å². The van der Waals surface area contributed by atoms with Crippen molar-refractivity contribution in [3.8, 4) is 5.75 Å². The third-order valence-electron chi connectivity index (χ3n) is 1.96. The first-order valence-electron chi connectivity index (χ1n) is 4.53. The Balaban J connectivity index is 3.16. The van der Waals surface area contributed by atoms with Crippen molar-refractivity contribution in [3.63, 3.8) is 0 Å². The molecule has 0 unspecified atom stereocenters. The first-order valence-corrected chi connectivity index (χ1v) is 4.53. The molecule has 0 atom stereocenters. The third-order valence-corrected chi connectivity index (χ3v) is 1.96. The SMILES string of the molecule is Cc1ccc(/C=N/NC(=N)N)c([N+](=O)[O-])c1O. The number of phenols is 1. The summed E-state index contributed by atoms with van der Waals surface area (Å²) in [5, 5.41) is 30.7. The first-order chi connectivity index (χ1) is 7.93. The van der Waals surface area contributed by atoms with E-state index in [4.69, 9.17) is 11.1 Å². The van der Waals surface area contributed by atoms with Gasteiger partial charge in [-0.15, -0.1) is 0 Å². The van der Waals surface area contributed by atoms with Gasteiger partial charge in [0.2, 0.25) is 5.96 Å². The molecule has 0 bridgehead atoms. The molecule has 0 saturated heterocycles. The Kier molecular flexibility index (Phi) is 3.60. The number of aryl methyl sites for hydroxylation is 1. The fourth-order valence-corrected chi connectivity index (χ4v) is 1.16. The van der Waals surface area contributed by atoms with Gasteiger partial charge in [-0.3, -0.25) is 15.5 Å². The number of nitrogens with zero attached hydrogens (tertiary/aromatic N) is 2. The van der Waals surface area contributed by atoms with Crippen molar-refractivity contribution < 1.29 is 10.0 Å². The lowest BCUT2D eigenvalue weighted by Crippen LogP contribution is -2.25. The largest absolute Gasteiger partial charge is 0.502 e. The van der Waals surface area contributed by atoms with E-state index in [1.165, 1.54) is 12.1 Å². The van der Waals surface area contributed by atoms with Gasteiger partial charge in [0.15, 0.2) is 5.75 Å². The molecule has 0 saturated carbocycles. The topological polar surface area (TPSA) is 138 Å². The maximum absolute atomic E-state index is 10.8. The van der Waals surface area contributed by atoms with E-state index in [9.17, 15) is 15.2 Å². The summed E-state index contributed by atoms with van der Waals surface area (Å²) in [4.78, 5) is 10.1. The Morgan fingerprint density at radius 2 is 2.35 bits per heavy atom. The summed E-state index contributed by atoms with van der Waals surface area (Å²) in [7, 11) is 0. The number of hydrogen-bond acceptors (Lipinski definition) is 5. The number of hydrazone groups is 1. The molecule has 1 aromatic rings. The minimum Gasteiger partial charge on any atom is -0.502 e. The van der Waals surface area contributed by atoms with Gasteiger partial charge in [-0.25, -0.2) is 5.43 Å². The molecular weight excluding hydrogens is 226 g/mol. The molecule has 90 valence electrons. The monoisotopic (exact) mass is 237 g/mol. The van der Waals surface area contributed by atoms with Crippen LogP contribution in [0.4, 0.5) is 5.69 Å². The Morgan fingerprint density at radius 1 is 1.71 bits per heavy atom. The van der Waals surface area contributed by atoms with Gasteiger partial charge >= 0.3 is 5.69 Å². The van der Waals surface area contributed by atoms with Crippen LogP contribution in [0, 0.1) is 22.4 Å². The van der Waals surface area contributed by atoms with Crippen molar-refractivity contribution in [2.75, 3.05) is 0 Å². The molecule has 0 aliphatic rings. The third kappa shape index (κ3) is 2.91. The molecular formula is C9H11N5O3. The minimum atomic E-state index is -0.697. The zero-order valence-electron chi connectivity index (χ0n) is 8.97. The molecule has 8 heteroatoms. The number of aromatic hydroxyl groups is 1. The Morgan fingerprint density at radius 3 is 2.88 bits per heavy atom. The summed E-state index contributed by atoms with van der Waals surface area (Å²) in [6, 6.07) is 2.97. The number of nitro benzene ring substituents is 1. The number of nitrogens with two attached hydrogens (primary N) is 1. The Bertz CT molecular complexity index is 498. The first kappa shape index (κ1) is 12.4. The predicted molar refractivity (Wildman–Crippen MR) is 62.1 cm³/mol. The highest BCUT2D eigenvalue weighted by molar-refractivity contribution is 5.88. The number of benzene rings is 1. The fourth-order valence-electron chi connectivity index (χ4n) is 1.16. The lowest BCUT2D eigenvalue weighted by molar-refractivity contribution is -0.386. The Labute approximate surface area is 96.4 Å². The number of nitrogens with one attached hydrogen (secondary N) is 2. The van der Waals surface area contributed by atoms with Crippen LogP contribution in [0.1, 0.15) is 11.1 Å². The van der Waals surface area contributed by atoms with Gasteiger partial charge in [-0.1, -0.05) is 6.07 Å². The second-order valence-electron chi connectivity index (χ2n) is 3.21. The molecule has 1 aromatic carbocycles. The standard InChI is InChI=1S/C9H11N5O3/c1-5-2-3-6(4-12-13-9(10)11)7(8(5)15)14(16)17/h2-4,15H,1H3,(H4,10,11,13)/b12-4+. The fraction of sp³-hybridized carbons (Fsp3) is 0.111. The van der Waals surface area contributed by atoms with Crippen LogP contribution in [0.3, 0.4) is 0 Å². The number of rotatable bonds is 3. The average molecular weight is 237 g/mol. The van der Waals surface area contributed by atoms with Crippen molar-refractivity contribution in [3.05, 3.63) is 33.4 Å². The maximum Gasteiger partial charge on any atom is 0.319 e. The van der Waals surface area contributed by atoms with Crippen LogP contribution in [0.15, 0.2) is 17.2 Å². The summed E-state index contributed by atoms with van der Waals surface area (Å²) in [6.45, 7) is 1.55. The van der Waals surface area contributed by atoms with Gasteiger partial charge < -0.3 is 10.8 Å². The van der Waals surface area contributed by atoms with Crippen molar-refractivity contribution in [2.45, 2.75) is 6.92 Å². The van der Waals surface area contributed by atoms with Gasteiger partial charge in [0, 0.05) is 0 Å². The second kappa shape index (κ2) is 4.92. The number of hydrogen-bond donors (Lipinski definition) is 4. The van der Waals surface area contributed by atoms with Gasteiger partial charge in [-0.05, 0) is 18.6 Å². The van der Waals surface area contributed by atoms with Gasteiger partial charge in [-0.2, -0.15) is 5.10 Å². The molecule has 0 aliphatic heterocycles. The van der Waals surface area contributed by atoms with Crippen LogP contribution in [-0.2, 0) is 0 Å². The summed E-state index contributed by atoms with van der Waals surface area (Å²) < 4.78 is 0.